The fraction of sp³-hybridized carbons (Fsp3) is 0.222. The van der Waals surface area contributed by atoms with Gasteiger partial charge in [-0.25, -0.2) is 0 Å². The first-order valence-electron chi connectivity index (χ1n) is 8.08. The van der Waals surface area contributed by atoms with Crippen LogP contribution in [0.25, 0.3) is 0 Å². The van der Waals surface area contributed by atoms with Gasteiger partial charge >= 0.3 is 0 Å². The van der Waals surface area contributed by atoms with Crippen LogP contribution in [-0.4, -0.2) is 30.4 Å². The number of ether oxygens (including phenoxy) is 1. The molecule has 1 N–H and O–H groups in total. The molecule has 9 heteroatoms. The summed E-state index contributed by atoms with van der Waals surface area (Å²) in [7, 11) is 1.37. The zero-order valence-corrected chi connectivity index (χ0v) is 15.1. The van der Waals surface area contributed by atoms with Gasteiger partial charge in [0, 0.05) is 29.7 Å². The highest BCUT2D eigenvalue weighted by molar-refractivity contribution is 6.30. The van der Waals surface area contributed by atoms with Gasteiger partial charge < -0.3 is 15.0 Å². The minimum absolute atomic E-state index is 0.0343. The number of non-ortho nitro benzene ring substituents is 1. The molecule has 27 heavy (non-hydrogen) atoms. The lowest BCUT2D eigenvalue weighted by Crippen LogP contribution is -2.28. The molecule has 2 aromatic carbocycles. The van der Waals surface area contributed by atoms with E-state index in [1.165, 1.54) is 30.2 Å². The molecule has 140 valence electrons. The third-order valence-corrected chi connectivity index (χ3v) is 4.49. The molecule has 0 radical (unpaired) electrons. The van der Waals surface area contributed by atoms with Crippen molar-refractivity contribution in [2.24, 2.45) is 5.92 Å². The van der Waals surface area contributed by atoms with E-state index in [-0.39, 0.29) is 36.2 Å². The Morgan fingerprint density at radius 3 is 2.78 bits per heavy atom. The number of carbonyl (C=O) groups is 2. The van der Waals surface area contributed by atoms with E-state index in [9.17, 15) is 19.7 Å². The Morgan fingerprint density at radius 1 is 1.33 bits per heavy atom. The van der Waals surface area contributed by atoms with Crippen LogP contribution in [0.2, 0.25) is 5.02 Å². The molecule has 1 aliphatic heterocycles. The monoisotopic (exact) mass is 389 g/mol. The lowest BCUT2D eigenvalue weighted by molar-refractivity contribution is -0.384. The standard InChI is InChI=1S/C18H16ClN3O5/c1-27-16-9-14(22(25)26)5-6-15(16)21-10-11(7-17(21)23)18(24)20-13-4-2-3-12(19)8-13/h2-6,8-9,11H,7,10H2,1H3,(H,20,24)/t11-/m1/s1. The van der Waals surface area contributed by atoms with E-state index >= 15 is 0 Å². The molecule has 8 nitrogen and oxygen atoms in total. The summed E-state index contributed by atoms with van der Waals surface area (Å²) in [5.41, 5.74) is 0.801. The van der Waals surface area contributed by atoms with E-state index < -0.39 is 10.8 Å². The lowest BCUT2D eigenvalue weighted by Gasteiger charge is -2.19. The van der Waals surface area contributed by atoms with E-state index in [1.54, 1.807) is 24.3 Å². The number of hydrogen-bond donors (Lipinski definition) is 1. The van der Waals surface area contributed by atoms with Crippen LogP contribution in [0, 0.1) is 16.0 Å². The first kappa shape index (κ1) is 18.7. The summed E-state index contributed by atoms with van der Waals surface area (Å²) in [5, 5.41) is 14.2. The Labute approximate surface area is 159 Å². The second-order valence-corrected chi connectivity index (χ2v) is 6.45. The molecule has 2 aromatic rings. The summed E-state index contributed by atoms with van der Waals surface area (Å²) >= 11 is 5.91. The van der Waals surface area contributed by atoms with Gasteiger partial charge in [0.15, 0.2) is 0 Å². The third-order valence-electron chi connectivity index (χ3n) is 4.25. The van der Waals surface area contributed by atoms with Gasteiger partial charge in [-0.15, -0.1) is 0 Å². The number of halogens is 1. The van der Waals surface area contributed by atoms with Crippen molar-refractivity contribution in [2.75, 3.05) is 23.9 Å². The predicted octanol–water partition coefficient (Wildman–Crippen LogP) is 3.25. The molecule has 0 aromatic heterocycles. The number of benzene rings is 2. The quantitative estimate of drug-likeness (QED) is 0.624. The van der Waals surface area contributed by atoms with Crippen molar-refractivity contribution in [1.29, 1.82) is 0 Å². The van der Waals surface area contributed by atoms with Crippen LogP contribution in [0.1, 0.15) is 6.42 Å². The SMILES string of the molecule is COc1cc([N+](=O)[O-])ccc1N1C[C@H](C(=O)Nc2cccc(Cl)c2)CC1=O. The summed E-state index contributed by atoms with van der Waals surface area (Å²) < 4.78 is 5.19. The number of nitrogens with one attached hydrogen (secondary N) is 1. The largest absolute Gasteiger partial charge is 0.494 e. The molecule has 1 aliphatic rings. The van der Waals surface area contributed by atoms with E-state index in [1.807, 2.05) is 0 Å². The number of hydrogen-bond acceptors (Lipinski definition) is 5. The van der Waals surface area contributed by atoms with Gasteiger partial charge in [-0.1, -0.05) is 17.7 Å². The highest BCUT2D eigenvalue weighted by Crippen LogP contribution is 2.36. The average molecular weight is 390 g/mol. The maximum atomic E-state index is 12.5. The molecular formula is C18H16ClN3O5. The van der Waals surface area contributed by atoms with Crippen LogP contribution < -0.4 is 15.0 Å². The summed E-state index contributed by atoms with van der Waals surface area (Å²) in [6, 6.07) is 10.7. The molecule has 1 heterocycles. The summed E-state index contributed by atoms with van der Waals surface area (Å²) in [5.74, 6) is -0.910. The van der Waals surface area contributed by atoms with E-state index in [0.717, 1.165) is 0 Å². The highest BCUT2D eigenvalue weighted by Gasteiger charge is 2.36. The number of nitro groups is 1. The highest BCUT2D eigenvalue weighted by atomic mass is 35.5. The number of amides is 2. The molecular weight excluding hydrogens is 374 g/mol. The molecule has 0 aliphatic carbocycles. The number of nitro benzene ring substituents is 1. The summed E-state index contributed by atoms with van der Waals surface area (Å²) in [4.78, 5) is 36.7. The van der Waals surface area contributed by atoms with Gasteiger partial charge in [-0.05, 0) is 24.3 Å². The van der Waals surface area contributed by atoms with Crippen molar-refractivity contribution in [2.45, 2.75) is 6.42 Å². The van der Waals surface area contributed by atoms with Crippen molar-refractivity contribution in [3.63, 3.8) is 0 Å². The molecule has 1 saturated heterocycles. The van der Waals surface area contributed by atoms with Crippen LogP contribution in [0.4, 0.5) is 17.1 Å². The minimum Gasteiger partial charge on any atom is -0.494 e. The van der Waals surface area contributed by atoms with Gasteiger partial charge in [0.25, 0.3) is 5.69 Å². The van der Waals surface area contributed by atoms with Crippen molar-refractivity contribution in [1.82, 2.24) is 0 Å². The van der Waals surface area contributed by atoms with Gasteiger partial charge in [-0.3, -0.25) is 19.7 Å². The topological polar surface area (TPSA) is 102 Å². The van der Waals surface area contributed by atoms with E-state index in [0.29, 0.717) is 16.4 Å². The first-order chi connectivity index (χ1) is 12.9. The molecule has 0 spiro atoms. The number of anilines is 2. The van der Waals surface area contributed by atoms with E-state index in [4.69, 9.17) is 16.3 Å². The normalized spacial score (nSPS) is 16.3. The maximum absolute atomic E-state index is 12.5. The Balaban J connectivity index is 1.77. The maximum Gasteiger partial charge on any atom is 0.273 e. The Kier molecular flexibility index (Phi) is 5.27. The van der Waals surface area contributed by atoms with Crippen molar-refractivity contribution < 1.29 is 19.2 Å². The molecule has 3 rings (SSSR count). The third kappa shape index (κ3) is 4.01. The van der Waals surface area contributed by atoms with Crippen LogP contribution >= 0.6 is 11.6 Å². The van der Waals surface area contributed by atoms with Crippen molar-refractivity contribution >= 4 is 40.5 Å². The van der Waals surface area contributed by atoms with Crippen LogP contribution in [0.3, 0.4) is 0 Å². The van der Waals surface area contributed by atoms with Gasteiger partial charge in [0.2, 0.25) is 11.8 Å². The molecule has 0 saturated carbocycles. The van der Waals surface area contributed by atoms with E-state index in [2.05, 4.69) is 5.32 Å². The summed E-state index contributed by atoms with van der Waals surface area (Å²) in [6.07, 6.45) is 0.0343. The fourth-order valence-electron chi connectivity index (χ4n) is 2.93. The lowest BCUT2D eigenvalue weighted by atomic mass is 10.1. The van der Waals surface area contributed by atoms with Crippen LogP contribution in [0.5, 0.6) is 5.75 Å². The number of methoxy groups -OCH3 is 1. The van der Waals surface area contributed by atoms with Crippen molar-refractivity contribution in [3.8, 4) is 5.75 Å². The van der Waals surface area contributed by atoms with Gasteiger partial charge in [-0.2, -0.15) is 0 Å². The summed E-state index contributed by atoms with van der Waals surface area (Å²) in [6.45, 7) is 0.152. The second kappa shape index (κ2) is 7.63. The number of nitrogens with zero attached hydrogens (tertiary/aromatic N) is 2. The minimum atomic E-state index is -0.559. The first-order valence-corrected chi connectivity index (χ1v) is 8.46. The zero-order valence-electron chi connectivity index (χ0n) is 14.3. The van der Waals surface area contributed by atoms with Gasteiger partial charge in [0.05, 0.1) is 29.7 Å². The second-order valence-electron chi connectivity index (χ2n) is 6.02. The van der Waals surface area contributed by atoms with Crippen LogP contribution in [0.15, 0.2) is 42.5 Å². The molecule has 1 fully saturated rings. The molecule has 0 unspecified atom stereocenters. The zero-order chi connectivity index (χ0) is 19.6. The fourth-order valence-corrected chi connectivity index (χ4v) is 3.12. The van der Waals surface area contributed by atoms with Crippen molar-refractivity contribution in [3.05, 3.63) is 57.6 Å². The molecule has 1 atom stereocenters. The Morgan fingerprint density at radius 2 is 2.11 bits per heavy atom. The van der Waals surface area contributed by atoms with Gasteiger partial charge in [0.1, 0.15) is 5.75 Å². The smallest absolute Gasteiger partial charge is 0.273 e. The molecule has 2 amide bonds. The van der Waals surface area contributed by atoms with Crippen LogP contribution in [-0.2, 0) is 9.59 Å². The predicted molar refractivity (Wildman–Crippen MR) is 100 cm³/mol. The molecule has 0 bridgehead atoms. The number of carbonyl (C=O) groups excluding carboxylic acids is 2. The Hall–Kier alpha value is -3.13. The average Bonchev–Trinajstić information content (AvgIpc) is 3.02. The number of rotatable bonds is 5. The Bertz CT molecular complexity index is 918.